The number of rotatable bonds is 6. The van der Waals surface area contributed by atoms with Gasteiger partial charge in [0.25, 0.3) is 0 Å². The van der Waals surface area contributed by atoms with Gasteiger partial charge in [-0.2, -0.15) is 0 Å². The number of amides is 1. The number of carbonyl (C=O) groups excluding carboxylic acids is 1. The summed E-state index contributed by atoms with van der Waals surface area (Å²) in [5.41, 5.74) is 3.94. The normalized spacial score (nSPS) is 13.9. The first kappa shape index (κ1) is 16.8. The van der Waals surface area contributed by atoms with E-state index in [1.54, 1.807) is 18.4 Å². The third-order valence-corrected chi connectivity index (χ3v) is 5.04. The molecule has 4 heteroatoms. The van der Waals surface area contributed by atoms with Crippen LogP contribution in [0.25, 0.3) is 11.0 Å². The number of aryl methyl sites for hydroxylation is 1. The first-order chi connectivity index (χ1) is 12.6. The predicted octanol–water partition coefficient (Wildman–Crippen LogP) is 4.87. The van der Waals surface area contributed by atoms with Gasteiger partial charge in [0.15, 0.2) is 0 Å². The van der Waals surface area contributed by atoms with Gasteiger partial charge in [-0.3, -0.25) is 4.79 Å². The Morgan fingerprint density at radius 3 is 2.58 bits per heavy atom. The summed E-state index contributed by atoms with van der Waals surface area (Å²) in [5.74, 6) is -0.159. The van der Waals surface area contributed by atoms with Crippen molar-refractivity contribution in [3.05, 3.63) is 71.2 Å². The minimum Gasteiger partial charge on any atom is -0.464 e. The minimum atomic E-state index is -0.255. The van der Waals surface area contributed by atoms with Gasteiger partial charge in [0, 0.05) is 23.5 Å². The summed E-state index contributed by atoms with van der Waals surface area (Å²) >= 11 is 0. The van der Waals surface area contributed by atoms with E-state index in [-0.39, 0.29) is 11.7 Å². The molecule has 134 valence electrons. The highest BCUT2D eigenvalue weighted by atomic mass is 19.1. The quantitative estimate of drug-likeness (QED) is 0.635. The van der Waals surface area contributed by atoms with Gasteiger partial charge < -0.3 is 9.32 Å². The second-order valence-corrected chi connectivity index (χ2v) is 7.00. The van der Waals surface area contributed by atoms with E-state index in [1.165, 1.54) is 17.7 Å². The van der Waals surface area contributed by atoms with Crippen molar-refractivity contribution in [1.29, 1.82) is 0 Å². The number of hydrogen-bond acceptors (Lipinski definition) is 2. The van der Waals surface area contributed by atoms with Crippen molar-refractivity contribution in [2.45, 2.75) is 45.2 Å². The molecule has 1 saturated carbocycles. The smallest absolute Gasteiger partial charge is 0.227 e. The summed E-state index contributed by atoms with van der Waals surface area (Å²) in [5, 5.41) is 1.01. The molecule has 0 N–H and O–H groups in total. The van der Waals surface area contributed by atoms with Gasteiger partial charge in [-0.1, -0.05) is 31.2 Å². The third-order valence-electron chi connectivity index (χ3n) is 5.04. The van der Waals surface area contributed by atoms with Gasteiger partial charge >= 0.3 is 0 Å². The Bertz CT molecular complexity index is 925. The summed E-state index contributed by atoms with van der Waals surface area (Å²) in [6.45, 7) is 2.64. The number of nitrogens with zero attached hydrogens (tertiary/aromatic N) is 1. The molecule has 0 atom stereocenters. The highest BCUT2D eigenvalue weighted by molar-refractivity contribution is 5.88. The molecule has 26 heavy (non-hydrogen) atoms. The fourth-order valence-corrected chi connectivity index (χ4v) is 3.34. The molecule has 0 saturated heterocycles. The van der Waals surface area contributed by atoms with Crippen LogP contribution in [0, 0.1) is 5.82 Å². The van der Waals surface area contributed by atoms with Crippen LogP contribution in [0.15, 0.2) is 53.1 Å². The lowest BCUT2D eigenvalue weighted by molar-refractivity contribution is -0.131. The van der Waals surface area contributed by atoms with Gasteiger partial charge in [0.05, 0.1) is 12.7 Å². The highest BCUT2D eigenvalue weighted by Gasteiger charge is 2.32. The summed E-state index contributed by atoms with van der Waals surface area (Å²) in [6, 6.07) is 12.9. The van der Waals surface area contributed by atoms with Gasteiger partial charge in [-0.15, -0.1) is 0 Å². The standard InChI is InChI=1S/C22H22FNO2/c1-2-15-5-10-20-17(14-26-21(20)11-15)12-22(25)24(19-8-9-19)13-16-3-6-18(23)7-4-16/h3-7,10-11,14,19H,2,8-9,12-13H2,1H3. The van der Waals surface area contributed by atoms with Crippen molar-refractivity contribution in [1.82, 2.24) is 4.90 Å². The summed E-state index contributed by atoms with van der Waals surface area (Å²) < 4.78 is 18.8. The molecule has 2 aromatic carbocycles. The lowest BCUT2D eigenvalue weighted by Gasteiger charge is -2.22. The maximum absolute atomic E-state index is 13.1. The Morgan fingerprint density at radius 1 is 1.15 bits per heavy atom. The third kappa shape index (κ3) is 3.50. The van der Waals surface area contributed by atoms with Crippen LogP contribution in [-0.2, 0) is 24.2 Å². The number of benzene rings is 2. The Labute approximate surface area is 152 Å². The van der Waals surface area contributed by atoms with Crippen molar-refractivity contribution in [3.63, 3.8) is 0 Å². The van der Waals surface area contributed by atoms with Gasteiger partial charge in [-0.05, 0) is 48.6 Å². The average molecular weight is 351 g/mol. The maximum Gasteiger partial charge on any atom is 0.227 e. The molecule has 1 aliphatic rings. The first-order valence-electron chi connectivity index (χ1n) is 9.17. The molecule has 0 radical (unpaired) electrons. The van der Waals surface area contributed by atoms with Crippen LogP contribution < -0.4 is 0 Å². The van der Waals surface area contributed by atoms with E-state index in [0.29, 0.717) is 19.0 Å². The topological polar surface area (TPSA) is 33.5 Å². The van der Waals surface area contributed by atoms with Crippen LogP contribution in [0.2, 0.25) is 0 Å². The fourth-order valence-electron chi connectivity index (χ4n) is 3.34. The van der Waals surface area contributed by atoms with Crippen molar-refractivity contribution < 1.29 is 13.6 Å². The summed E-state index contributed by atoms with van der Waals surface area (Å²) in [6.07, 6.45) is 5.07. The first-order valence-corrected chi connectivity index (χ1v) is 9.17. The second-order valence-electron chi connectivity index (χ2n) is 7.00. The molecule has 3 nitrogen and oxygen atoms in total. The van der Waals surface area contributed by atoms with Crippen LogP contribution in [0.4, 0.5) is 4.39 Å². The highest BCUT2D eigenvalue weighted by Crippen LogP contribution is 2.30. The van der Waals surface area contributed by atoms with Crippen molar-refractivity contribution >= 4 is 16.9 Å². The number of hydrogen-bond donors (Lipinski definition) is 0. The molecule has 0 aliphatic heterocycles. The molecule has 0 bridgehead atoms. The van der Waals surface area contributed by atoms with Crippen LogP contribution >= 0.6 is 0 Å². The molecule has 1 amide bonds. The van der Waals surface area contributed by atoms with E-state index in [1.807, 2.05) is 17.0 Å². The molecular weight excluding hydrogens is 329 g/mol. The van der Waals surface area contributed by atoms with Crippen LogP contribution in [-0.4, -0.2) is 16.8 Å². The summed E-state index contributed by atoms with van der Waals surface area (Å²) in [4.78, 5) is 14.9. The fraction of sp³-hybridized carbons (Fsp3) is 0.318. The van der Waals surface area contributed by atoms with E-state index in [2.05, 4.69) is 13.0 Å². The molecule has 0 unspecified atom stereocenters. The van der Waals surface area contributed by atoms with Crippen molar-refractivity contribution in [2.75, 3.05) is 0 Å². The summed E-state index contributed by atoms with van der Waals surface area (Å²) in [7, 11) is 0. The zero-order chi connectivity index (χ0) is 18.1. The Kier molecular flexibility index (Phi) is 4.49. The molecule has 1 fully saturated rings. The number of furan rings is 1. The second kappa shape index (κ2) is 6.94. The molecule has 0 spiro atoms. The zero-order valence-corrected chi connectivity index (χ0v) is 14.9. The average Bonchev–Trinajstić information content (AvgIpc) is 3.42. The van der Waals surface area contributed by atoms with E-state index < -0.39 is 0 Å². The maximum atomic E-state index is 13.1. The van der Waals surface area contributed by atoms with Crippen LogP contribution in [0.1, 0.15) is 36.5 Å². The predicted molar refractivity (Wildman–Crippen MR) is 99.3 cm³/mol. The number of halogens is 1. The lowest BCUT2D eigenvalue weighted by Crippen LogP contribution is -2.33. The van der Waals surface area contributed by atoms with Gasteiger partial charge in [-0.25, -0.2) is 4.39 Å². The van der Waals surface area contributed by atoms with E-state index in [4.69, 9.17) is 4.42 Å². The number of fused-ring (bicyclic) bond motifs is 1. The number of carbonyl (C=O) groups is 1. The van der Waals surface area contributed by atoms with E-state index >= 15 is 0 Å². The minimum absolute atomic E-state index is 0.0964. The molecule has 1 aromatic heterocycles. The SMILES string of the molecule is CCc1ccc2c(CC(=O)N(Cc3ccc(F)cc3)C3CC3)coc2c1. The monoisotopic (exact) mass is 351 g/mol. The molecule has 1 heterocycles. The van der Waals surface area contributed by atoms with Crippen LogP contribution in [0.3, 0.4) is 0 Å². The Balaban J connectivity index is 1.52. The lowest BCUT2D eigenvalue weighted by atomic mass is 10.1. The Morgan fingerprint density at radius 2 is 1.88 bits per heavy atom. The Hall–Kier alpha value is -2.62. The van der Waals surface area contributed by atoms with Gasteiger partial charge in [0.2, 0.25) is 5.91 Å². The van der Waals surface area contributed by atoms with E-state index in [9.17, 15) is 9.18 Å². The molecular formula is C22H22FNO2. The van der Waals surface area contributed by atoms with Gasteiger partial charge in [0.1, 0.15) is 11.4 Å². The zero-order valence-electron chi connectivity index (χ0n) is 14.9. The van der Waals surface area contributed by atoms with Crippen molar-refractivity contribution in [3.8, 4) is 0 Å². The largest absolute Gasteiger partial charge is 0.464 e. The molecule has 1 aliphatic carbocycles. The van der Waals surface area contributed by atoms with E-state index in [0.717, 1.165) is 41.4 Å². The molecule has 4 rings (SSSR count). The van der Waals surface area contributed by atoms with Crippen LogP contribution in [0.5, 0.6) is 0 Å². The van der Waals surface area contributed by atoms with Crippen molar-refractivity contribution in [2.24, 2.45) is 0 Å². The molecule has 3 aromatic rings.